The molecule has 0 aliphatic carbocycles. The summed E-state index contributed by atoms with van der Waals surface area (Å²) in [7, 11) is 0. The summed E-state index contributed by atoms with van der Waals surface area (Å²) in [5, 5.41) is 6.17. The van der Waals surface area contributed by atoms with Crippen LogP contribution in [-0.4, -0.2) is 15.9 Å². The van der Waals surface area contributed by atoms with Gasteiger partial charge in [-0.3, -0.25) is 4.79 Å². The number of nitrogens with zero attached hydrogens (tertiary/aromatic N) is 2. The number of hydrogen-bond acceptors (Lipinski definition) is 4. The van der Waals surface area contributed by atoms with E-state index in [1.54, 1.807) is 24.3 Å². The van der Waals surface area contributed by atoms with Crippen LogP contribution in [0.4, 0.5) is 17.2 Å². The molecular formula is C12H10Cl2N4O. The fraction of sp³-hybridized carbons (Fsp3) is 0.0833. The second-order valence-corrected chi connectivity index (χ2v) is 4.46. The minimum Gasteiger partial charge on any atom is -0.339 e. The minimum absolute atomic E-state index is 0.113. The smallest absolute Gasteiger partial charge is 0.224 e. The molecule has 1 aromatic heterocycles. The van der Waals surface area contributed by atoms with Gasteiger partial charge >= 0.3 is 0 Å². The number of aromatic nitrogens is 2. The Bertz CT molecular complexity index is 601. The molecule has 0 unspecified atom stereocenters. The summed E-state index contributed by atoms with van der Waals surface area (Å²) < 4.78 is 0. The Morgan fingerprint density at radius 3 is 2.42 bits per heavy atom. The van der Waals surface area contributed by atoms with Crippen LogP contribution in [0.1, 0.15) is 6.92 Å². The van der Waals surface area contributed by atoms with Crippen LogP contribution >= 0.6 is 23.2 Å². The van der Waals surface area contributed by atoms with Gasteiger partial charge in [0, 0.05) is 18.3 Å². The van der Waals surface area contributed by atoms with Crippen LogP contribution in [-0.2, 0) is 4.79 Å². The number of benzene rings is 1. The van der Waals surface area contributed by atoms with E-state index in [4.69, 9.17) is 23.2 Å². The number of rotatable bonds is 3. The van der Waals surface area contributed by atoms with E-state index in [9.17, 15) is 4.79 Å². The van der Waals surface area contributed by atoms with E-state index < -0.39 is 0 Å². The molecule has 7 heteroatoms. The highest BCUT2D eigenvalue weighted by atomic mass is 35.5. The second-order valence-electron chi connectivity index (χ2n) is 3.72. The zero-order chi connectivity index (χ0) is 13.8. The molecule has 0 saturated carbocycles. The SMILES string of the molecule is CC(=O)Nc1ccc(Nc2nc(Cl)ncc2Cl)cc1. The van der Waals surface area contributed by atoms with Gasteiger partial charge in [-0.25, -0.2) is 4.98 Å². The van der Waals surface area contributed by atoms with E-state index in [1.165, 1.54) is 13.1 Å². The predicted octanol–water partition coefficient (Wildman–Crippen LogP) is 3.49. The van der Waals surface area contributed by atoms with Gasteiger partial charge in [-0.1, -0.05) is 11.6 Å². The average Bonchev–Trinajstić information content (AvgIpc) is 2.35. The standard InChI is InChI=1S/C12H10Cl2N4O/c1-7(19)16-8-2-4-9(5-3-8)17-11-10(13)6-15-12(14)18-11/h2-6H,1H3,(H,16,19)(H,15,17,18). The molecule has 0 fully saturated rings. The first-order valence-electron chi connectivity index (χ1n) is 5.37. The number of anilines is 3. The van der Waals surface area contributed by atoms with E-state index in [0.717, 1.165) is 5.69 Å². The van der Waals surface area contributed by atoms with Crippen molar-refractivity contribution in [1.29, 1.82) is 0 Å². The fourth-order valence-electron chi connectivity index (χ4n) is 1.41. The molecule has 1 aromatic carbocycles. The summed E-state index contributed by atoms with van der Waals surface area (Å²) in [4.78, 5) is 18.6. The summed E-state index contributed by atoms with van der Waals surface area (Å²) >= 11 is 11.6. The molecule has 1 heterocycles. The molecule has 0 aliphatic heterocycles. The molecule has 0 bridgehead atoms. The van der Waals surface area contributed by atoms with Crippen molar-refractivity contribution >= 4 is 46.3 Å². The van der Waals surface area contributed by atoms with Crippen LogP contribution in [0.15, 0.2) is 30.5 Å². The van der Waals surface area contributed by atoms with Gasteiger partial charge in [-0.05, 0) is 35.9 Å². The maximum Gasteiger partial charge on any atom is 0.224 e. The highest BCUT2D eigenvalue weighted by Crippen LogP contribution is 2.24. The molecule has 2 N–H and O–H groups in total. The number of carbonyl (C=O) groups excluding carboxylic acids is 1. The van der Waals surface area contributed by atoms with Crippen molar-refractivity contribution in [2.75, 3.05) is 10.6 Å². The molecule has 0 atom stereocenters. The zero-order valence-electron chi connectivity index (χ0n) is 9.95. The third kappa shape index (κ3) is 3.81. The lowest BCUT2D eigenvalue weighted by Gasteiger charge is -2.08. The molecule has 5 nitrogen and oxygen atoms in total. The highest BCUT2D eigenvalue weighted by molar-refractivity contribution is 6.33. The molecule has 0 aliphatic rings. The second kappa shape index (κ2) is 5.86. The van der Waals surface area contributed by atoms with E-state index in [0.29, 0.717) is 16.5 Å². The minimum atomic E-state index is -0.119. The van der Waals surface area contributed by atoms with Crippen molar-refractivity contribution in [3.8, 4) is 0 Å². The van der Waals surface area contributed by atoms with E-state index in [-0.39, 0.29) is 11.2 Å². The largest absolute Gasteiger partial charge is 0.339 e. The Labute approximate surface area is 120 Å². The first kappa shape index (κ1) is 13.6. The van der Waals surface area contributed by atoms with Gasteiger partial charge in [0.25, 0.3) is 0 Å². The summed E-state index contributed by atoms with van der Waals surface area (Å²) in [5.41, 5.74) is 1.48. The van der Waals surface area contributed by atoms with Crippen molar-refractivity contribution in [2.24, 2.45) is 0 Å². The lowest BCUT2D eigenvalue weighted by Crippen LogP contribution is -2.05. The summed E-state index contributed by atoms with van der Waals surface area (Å²) in [5.74, 6) is 0.306. The number of amides is 1. The van der Waals surface area contributed by atoms with Crippen LogP contribution in [0, 0.1) is 0 Å². The van der Waals surface area contributed by atoms with Crippen molar-refractivity contribution in [3.63, 3.8) is 0 Å². The normalized spacial score (nSPS) is 10.1. The maximum atomic E-state index is 10.9. The highest BCUT2D eigenvalue weighted by Gasteiger charge is 2.04. The first-order chi connectivity index (χ1) is 9.04. The van der Waals surface area contributed by atoms with Crippen LogP contribution in [0.3, 0.4) is 0 Å². The molecule has 0 spiro atoms. The van der Waals surface area contributed by atoms with Gasteiger partial charge in [0.15, 0.2) is 5.82 Å². The Balaban J connectivity index is 2.15. The van der Waals surface area contributed by atoms with Gasteiger partial charge < -0.3 is 10.6 Å². The first-order valence-corrected chi connectivity index (χ1v) is 6.13. The molecule has 2 aromatic rings. The number of halogens is 2. The Morgan fingerprint density at radius 2 is 1.79 bits per heavy atom. The maximum absolute atomic E-state index is 10.9. The Kier molecular flexibility index (Phi) is 4.19. The summed E-state index contributed by atoms with van der Waals surface area (Å²) in [6.07, 6.45) is 1.42. The summed E-state index contributed by atoms with van der Waals surface area (Å²) in [6, 6.07) is 7.11. The predicted molar refractivity (Wildman–Crippen MR) is 76.1 cm³/mol. The molecular weight excluding hydrogens is 287 g/mol. The number of carbonyl (C=O) groups is 1. The van der Waals surface area contributed by atoms with Gasteiger partial charge in [0.05, 0.1) is 6.20 Å². The van der Waals surface area contributed by atoms with Crippen molar-refractivity contribution in [3.05, 3.63) is 40.8 Å². The van der Waals surface area contributed by atoms with Gasteiger partial charge in [0.2, 0.25) is 11.2 Å². The van der Waals surface area contributed by atoms with E-state index >= 15 is 0 Å². The number of nitrogens with one attached hydrogen (secondary N) is 2. The fourth-order valence-corrected chi connectivity index (χ4v) is 1.68. The molecule has 19 heavy (non-hydrogen) atoms. The third-order valence-corrected chi connectivity index (χ3v) is 2.64. The lowest BCUT2D eigenvalue weighted by atomic mass is 10.2. The van der Waals surface area contributed by atoms with Crippen molar-refractivity contribution < 1.29 is 4.79 Å². The summed E-state index contributed by atoms with van der Waals surface area (Å²) in [6.45, 7) is 1.45. The van der Waals surface area contributed by atoms with E-state index in [1.807, 2.05) is 0 Å². The zero-order valence-corrected chi connectivity index (χ0v) is 11.5. The van der Waals surface area contributed by atoms with Crippen LogP contribution < -0.4 is 10.6 Å². The van der Waals surface area contributed by atoms with Crippen molar-refractivity contribution in [1.82, 2.24) is 9.97 Å². The Hall–Kier alpha value is -1.85. The number of hydrogen-bond donors (Lipinski definition) is 2. The van der Waals surface area contributed by atoms with Crippen molar-refractivity contribution in [2.45, 2.75) is 6.92 Å². The van der Waals surface area contributed by atoms with Gasteiger partial charge in [0.1, 0.15) is 5.02 Å². The average molecular weight is 297 g/mol. The topological polar surface area (TPSA) is 66.9 Å². The van der Waals surface area contributed by atoms with Gasteiger partial charge in [-0.2, -0.15) is 4.98 Å². The lowest BCUT2D eigenvalue weighted by molar-refractivity contribution is -0.114. The third-order valence-electron chi connectivity index (χ3n) is 2.18. The molecule has 1 amide bonds. The quantitative estimate of drug-likeness (QED) is 0.851. The molecule has 2 rings (SSSR count). The molecule has 0 saturated heterocycles. The van der Waals surface area contributed by atoms with Crippen LogP contribution in [0.5, 0.6) is 0 Å². The molecule has 98 valence electrons. The van der Waals surface area contributed by atoms with Gasteiger partial charge in [-0.15, -0.1) is 0 Å². The van der Waals surface area contributed by atoms with Crippen LogP contribution in [0.25, 0.3) is 0 Å². The molecule has 0 radical (unpaired) electrons. The Morgan fingerprint density at radius 1 is 1.16 bits per heavy atom. The van der Waals surface area contributed by atoms with E-state index in [2.05, 4.69) is 20.6 Å². The van der Waals surface area contributed by atoms with Crippen LogP contribution in [0.2, 0.25) is 10.3 Å². The monoisotopic (exact) mass is 296 g/mol.